The van der Waals surface area contributed by atoms with Crippen molar-refractivity contribution in [3.8, 4) is 17.6 Å². The number of hydrogen-bond donors (Lipinski definition) is 3. The summed E-state index contributed by atoms with van der Waals surface area (Å²) in [7, 11) is 0. The van der Waals surface area contributed by atoms with Crippen LogP contribution in [0.5, 0.6) is 17.6 Å². The third-order valence-electron chi connectivity index (χ3n) is 4.97. The number of rotatable bonds is 5. The molecule has 2 aliphatic rings. The highest BCUT2D eigenvalue weighted by atomic mass is 35.5. The van der Waals surface area contributed by atoms with Gasteiger partial charge in [-0.2, -0.15) is 9.97 Å². The van der Waals surface area contributed by atoms with Crippen LogP contribution in [0.25, 0.3) is 11.2 Å². The van der Waals surface area contributed by atoms with Crippen LogP contribution < -0.4 is 15.2 Å². The monoisotopic (exact) mass is 462 g/mol. The minimum atomic E-state index is -0.656. The maximum Gasteiger partial charge on any atom is 0.296 e. The van der Waals surface area contributed by atoms with E-state index < -0.39 is 24.2 Å². The summed E-state index contributed by atoms with van der Waals surface area (Å²) in [5.74, 6) is 0.0621. The largest absolute Gasteiger partial charge is 0.456 e. The number of amides is 1. The van der Waals surface area contributed by atoms with Crippen molar-refractivity contribution in [2.45, 2.75) is 38.3 Å². The van der Waals surface area contributed by atoms with Crippen LogP contribution in [0.2, 0.25) is 5.02 Å². The van der Waals surface area contributed by atoms with Gasteiger partial charge in [0, 0.05) is 5.56 Å². The van der Waals surface area contributed by atoms with Crippen molar-refractivity contribution in [1.82, 2.24) is 15.0 Å². The van der Waals surface area contributed by atoms with Crippen molar-refractivity contribution in [3.05, 3.63) is 40.9 Å². The number of nitrogens with one attached hydrogen (secondary N) is 1. The molecule has 170 valence electrons. The fourth-order valence-electron chi connectivity index (χ4n) is 3.49. The first-order valence-electron chi connectivity index (χ1n) is 10.2. The quantitative estimate of drug-likeness (QED) is 0.524. The number of benzene rings is 1. The number of hydrogen-bond acceptors (Lipinski definition) is 8. The third kappa shape index (κ3) is 4.35. The van der Waals surface area contributed by atoms with E-state index >= 15 is 0 Å². The maximum atomic E-state index is 11.2. The summed E-state index contributed by atoms with van der Waals surface area (Å²) in [4.78, 5) is 22.8. The van der Waals surface area contributed by atoms with Crippen LogP contribution in [-0.4, -0.2) is 63.6 Å². The number of imidazole rings is 1. The molecule has 0 spiro atoms. The summed E-state index contributed by atoms with van der Waals surface area (Å²) in [5, 5.41) is 10.1. The van der Waals surface area contributed by atoms with Crippen LogP contribution in [0, 0.1) is 0 Å². The van der Waals surface area contributed by atoms with Crippen molar-refractivity contribution in [2.75, 3.05) is 13.2 Å². The lowest BCUT2D eigenvalue weighted by Crippen LogP contribution is -2.34. The molecule has 0 aliphatic carbocycles. The number of carbonyl (C=O) groups excluding carboxylic acids is 1. The second kappa shape index (κ2) is 9.29. The van der Waals surface area contributed by atoms with Gasteiger partial charge in [0.15, 0.2) is 11.8 Å². The summed E-state index contributed by atoms with van der Waals surface area (Å²) >= 11 is 6.29. The Morgan fingerprint density at radius 3 is 2.62 bits per heavy atom. The van der Waals surface area contributed by atoms with E-state index in [0.29, 0.717) is 22.5 Å². The highest BCUT2D eigenvalue weighted by Gasteiger charge is 2.48. The molecule has 4 heterocycles. The first-order valence-corrected chi connectivity index (χ1v) is 10.6. The number of carbonyl (C=O) groups is 1. The van der Waals surface area contributed by atoms with Gasteiger partial charge in [0.05, 0.1) is 18.7 Å². The Kier molecular flexibility index (Phi) is 6.47. The van der Waals surface area contributed by atoms with E-state index in [4.69, 9.17) is 36.3 Å². The van der Waals surface area contributed by atoms with E-state index in [9.17, 15) is 9.90 Å². The molecule has 3 aromatic rings. The van der Waals surface area contributed by atoms with Crippen LogP contribution in [0.1, 0.15) is 24.2 Å². The van der Waals surface area contributed by atoms with E-state index in [2.05, 4.69) is 15.0 Å². The summed E-state index contributed by atoms with van der Waals surface area (Å²) in [6.07, 6.45) is -1.81. The summed E-state index contributed by atoms with van der Waals surface area (Å²) < 4.78 is 22.7. The lowest BCUT2D eigenvalue weighted by Gasteiger charge is -2.15. The van der Waals surface area contributed by atoms with Gasteiger partial charge in [0.1, 0.15) is 29.1 Å². The zero-order chi connectivity index (χ0) is 22.8. The predicted octanol–water partition coefficient (Wildman–Crippen LogP) is 2.43. The molecule has 2 aliphatic heterocycles. The Labute approximate surface area is 188 Å². The molecular weight excluding hydrogens is 440 g/mol. The van der Waals surface area contributed by atoms with Gasteiger partial charge in [-0.25, -0.2) is 0 Å². The molecule has 0 unspecified atom stereocenters. The van der Waals surface area contributed by atoms with Gasteiger partial charge in [-0.15, -0.1) is 0 Å². The summed E-state index contributed by atoms with van der Waals surface area (Å²) in [6.45, 7) is 4.50. The topological polar surface area (TPSA) is 142 Å². The molecule has 2 aromatic heterocycles. The standard InChI is InChI=1S/C19H17ClN4O6.C2H6/c20-10-5-11-17(23-18(10)29-9-3-1-8(2-4-9)16(21)26)24-19(22-11)30-13-7-28-14-12(25)6-27-15(13)14;1-2/h1-5,12-15,25H,6-7H2,(H2,21,26)(H,22,23,24);1-2H3/t12-,13-,14-,15-;/m1./s1. The number of ether oxygens (including phenoxy) is 4. The number of H-pyrrole nitrogens is 1. The van der Waals surface area contributed by atoms with Gasteiger partial charge in [-0.3, -0.25) is 4.79 Å². The Morgan fingerprint density at radius 2 is 1.91 bits per heavy atom. The highest BCUT2D eigenvalue weighted by molar-refractivity contribution is 6.32. The number of halogens is 1. The second-order valence-corrected chi connectivity index (χ2v) is 7.41. The van der Waals surface area contributed by atoms with E-state index in [-0.39, 0.29) is 36.2 Å². The maximum absolute atomic E-state index is 11.2. The van der Waals surface area contributed by atoms with Crippen molar-refractivity contribution in [2.24, 2.45) is 5.73 Å². The van der Waals surface area contributed by atoms with Crippen LogP contribution in [-0.2, 0) is 9.47 Å². The van der Waals surface area contributed by atoms with E-state index in [1.807, 2.05) is 13.8 Å². The zero-order valence-corrected chi connectivity index (χ0v) is 18.2. The lowest BCUT2D eigenvalue weighted by molar-refractivity contribution is 0.00706. The molecule has 32 heavy (non-hydrogen) atoms. The number of nitrogens with two attached hydrogens (primary N) is 1. The van der Waals surface area contributed by atoms with Gasteiger partial charge >= 0.3 is 0 Å². The van der Waals surface area contributed by atoms with E-state index in [1.54, 1.807) is 30.3 Å². The molecule has 0 bridgehead atoms. The minimum Gasteiger partial charge on any atom is -0.456 e. The van der Waals surface area contributed by atoms with Crippen molar-refractivity contribution < 1.29 is 28.8 Å². The summed E-state index contributed by atoms with van der Waals surface area (Å²) in [5.41, 5.74) is 6.51. The highest BCUT2D eigenvalue weighted by Crippen LogP contribution is 2.32. The SMILES string of the molecule is CC.NC(=O)c1ccc(Oc2nc3nc(O[C@@H]4CO[C@H]5[C@@H]4OC[C@H]5O)[nH]c3cc2Cl)cc1. The molecular formula is C21H23ClN4O6. The average Bonchev–Trinajstić information content (AvgIpc) is 3.47. The Bertz CT molecular complexity index is 1110. The number of primary amides is 1. The molecule has 0 radical (unpaired) electrons. The smallest absolute Gasteiger partial charge is 0.296 e. The predicted molar refractivity (Wildman–Crippen MR) is 115 cm³/mol. The number of aromatic nitrogens is 3. The molecule has 1 amide bonds. The first kappa shape index (κ1) is 22.3. The number of aliphatic hydroxyl groups is 1. The summed E-state index contributed by atoms with van der Waals surface area (Å²) in [6, 6.07) is 8.13. The fraction of sp³-hybridized carbons (Fsp3) is 0.381. The number of pyridine rings is 1. The van der Waals surface area contributed by atoms with Gasteiger partial charge in [0.2, 0.25) is 11.8 Å². The molecule has 5 rings (SSSR count). The molecule has 2 saturated heterocycles. The van der Waals surface area contributed by atoms with Crippen molar-refractivity contribution in [1.29, 1.82) is 0 Å². The number of fused-ring (bicyclic) bond motifs is 2. The normalized spacial score (nSPS) is 24.0. The fourth-order valence-corrected chi connectivity index (χ4v) is 3.68. The van der Waals surface area contributed by atoms with Crippen molar-refractivity contribution in [3.63, 3.8) is 0 Å². The Hall–Kier alpha value is -2.92. The Morgan fingerprint density at radius 1 is 1.19 bits per heavy atom. The second-order valence-electron chi connectivity index (χ2n) is 7.00. The molecule has 10 nitrogen and oxygen atoms in total. The molecule has 1 aromatic carbocycles. The molecule has 0 saturated carbocycles. The van der Waals surface area contributed by atoms with E-state index in [0.717, 1.165) is 0 Å². The Balaban J connectivity index is 0.00000119. The van der Waals surface area contributed by atoms with Crippen LogP contribution in [0.3, 0.4) is 0 Å². The van der Waals surface area contributed by atoms with Crippen LogP contribution >= 0.6 is 11.6 Å². The number of nitrogens with zero attached hydrogens (tertiary/aromatic N) is 2. The molecule has 4 N–H and O–H groups in total. The lowest BCUT2D eigenvalue weighted by atomic mass is 10.1. The van der Waals surface area contributed by atoms with Crippen molar-refractivity contribution >= 4 is 28.7 Å². The van der Waals surface area contributed by atoms with Gasteiger partial charge < -0.3 is 34.8 Å². The molecule has 11 heteroatoms. The minimum absolute atomic E-state index is 0.153. The van der Waals surface area contributed by atoms with E-state index in [1.165, 1.54) is 0 Å². The molecule has 4 atom stereocenters. The van der Waals surface area contributed by atoms with Crippen LogP contribution in [0.4, 0.5) is 0 Å². The number of aliphatic hydroxyl groups excluding tert-OH is 1. The van der Waals surface area contributed by atoms with Crippen LogP contribution in [0.15, 0.2) is 30.3 Å². The first-order chi connectivity index (χ1) is 15.5. The van der Waals surface area contributed by atoms with Gasteiger partial charge in [0.25, 0.3) is 6.01 Å². The number of aromatic amines is 1. The third-order valence-corrected chi connectivity index (χ3v) is 5.24. The zero-order valence-electron chi connectivity index (χ0n) is 17.4. The average molecular weight is 463 g/mol. The van der Waals surface area contributed by atoms with Gasteiger partial charge in [-0.1, -0.05) is 25.4 Å². The van der Waals surface area contributed by atoms with Gasteiger partial charge in [-0.05, 0) is 30.3 Å². The molecule has 2 fully saturated rings.